The highest BCUT2D eigenvalue weighted by molar-refractivity contribution is 7.86. The SMILES string of the molecule is CO[C@H]1OC[C@H](OC(=O)c2ccccc2)[C@H](OS(=O)(=O)c2ccc(C)cc2)[C@H]1OC(=O)c1ccccc1. The summed E-state index contributed by atoms with van der Waals surface area (Å²) in [4.78, 5) is 25.6. The van der Waals surface area contributed by atoms with Gasteiger partial charge in [0.05, 0.1) is 22.6 Å². The smallest absolute Gasteiger partial charge is 0.338 e. The number of benzene rings is 3. The third-order valence-corrected chi connectivity index (χ3v) is 7.01. The fourth-order valence-corrected chi connectivity index (χ4v) is 4.85. The first-order chi connectivity index (χ1) is 17.8. The van der Waals surface area contributed by atoms with E-state index in [0.717, 1.165) is 5.56 Å². The minimum Gasteiger partial charge on any atom is -0.453 e. The molecule has 0 amide bonds. The summed E-state index contributed by atoms with van der Waals surface area (Å²) in [6, 6.07) is 22.3. The van der Waals surface area contributed by atoms with E-state index < -0.39 is 46.7 Å². The zero-order valence-corrected chi connectivity index (χ0v) is 21.0. The van der Waals surface area contributed by atoms with Gasteiger partial charge in [0.1, 0.15) is 0 Å². The first kappa shape index (κ1) is 26.5. The molecule has 1 aliphatic heterocycles. The Bertz CT molecular complexity index is 1310. The highest BCUT2D eigenvalue weighted by Crippen LogP contribution is 2.29. The molecule has 3 aromatic rings. The number of methoxy groups -OCH3 is 1. The standard InChI is InChI=1S/C27H26O9S/c1-18-13-15-21(16-14-18)37(30,31)36-23-22(34-25(28)19-9-5-3-6-10-19)17-33-27(32-2)24(23)35-26(29)20-11-7-4-8-12-20/h3-16,22-24,27H,17H2,1-2H3/t22-,23-,24+,27-/m0/s1. The molecule has 0 bridgehead atoms. The third-order valence-electron chi connectivity index (χ3n) is 5.68. The molecule has 1 aliphatic rings. The highest BCUT2D eigenvalue weighted by atomic mass is 32.2. The molecule has 0 unspecified atom stereocenters. The number of aryl methyl sites for hydroxylation is 1. The van der Waals surface area contributed by atoms with Crippen LogP contribution in [0.25, 0.3) is 0 Å². The van der Waals surface area contributed by atoms with Crippen molar-refractivity contribution in [1.82, 2.24) is 0 Å². The van der Waals surface area contributed by atoms with Gasteiger partial charge >= 0.3 is 11.9 Å². The van der Waals surface area contributed by atoms with Crippen LogP contribution in [0, 0.1) is 6.92 Å². The van der Waals surface area contributed by atoms with Gasteiger partial charge in [0, 0.05) is 7.11 Å². The summed E-state index contributed by atoms with van der Waals surface area (Å²) in [5.41, 5.74) is 1.32. The largest absolute Gasteiger partial charge is 0.453 e. The molecule has 1 saturated heterocycles. The van der Waals surface area contributed by atoms with E-state index in [1.54, 1.807) is 72.8 Å². The molecular weight excluding hydrogens is 500 g/mol. The van der Waals surface area contributed by atoms with Gasteiger partial charge in [-0.1, -0.05) is 54.1 Å². The first-order valence-electron chi connectivity index (χ1n) is 11.4. The second-order valence-electron chi connectivity index (χ2n) is 8.31. The first-order valence-corrected chi connectivity index (χ1v) is 12.9. The van der Waals surface area contributed by atoms with Gasteiger partial charge in [-0.05, 0) is 43.3 Å². The van der Waals surface area contributed by atoms with Gasteiger partial charge in [-0.3, -0.25) is 4.18 Å². The van der Waals surface area contributed by atoms with Crippen LogP contribution in [-0.4, -0.2) is 58.7 Å². The monoisotopic (exact) mass is 526 g/mol. The summed E-state index contributed by atoms with van der Waals surface area (Å²) in [5.74, 6) is -1.48. The van der Waals surface area contributed by atoms with Gasteiger partial charge in [-0.15, -0.1) is 0 Å². The Hall–Kier alpha value is -3.57. The van der Waals surface area contributed by atoms with Gasteiger partial charge in [-0.25, -0.2) is 9.59 Å². The predicted octanol–water partition coefficient (Wildman–Crippen LogP) is 3.52. The molecule has 4 atom stereocenters. The molecule has 0 aromatic heterocycles. The average molecular weight is 527 g/mol. The predicted molar refractivity (Wildman–Crippen MR) is 131 cm³/mol. The maximum absolute atomic E-state index is 13.2. The van der Waals surface area contributed by atoms with Gasteiger partial charge in [0.15, 0.2) is 24.6 Å². The second-order valence-corrected chi connectivity index (χ2v) is 9.88. The zero-order chi connectivity index (χ0) is 26.4. The van der Waals surface area contributed by atoms with Crippen molar-refractivity contribution in [2.24, 2.45) is 0 Å². The number of esters is 2. The molecular formula is C27H26O9S. The minimum absolute atomic E-state index is 0.111. The van der Waals surface area contributed by atoms with E-state index in [9.17, 15) is 18.0 Å². The Balaban J connectivity index is 1.67. The van der Waals surface area contributed by atoms with Crippen molar-refractivity contribution in [1.29, 1.82) is 0 Å². The number of hydrogen-bond acceptors (Lipinski definition) is 9. The Morgan fingerprint density at radius 3 is 1.86 bits per heavy atom. The van der Waals surface area contributed by atoms with Crippen molar-refractivity contribution in [2.75, 3.05) is 13.7 Å². The van der Waals surface area contributed by atoms with Gasteiger partial charge in [0.2, 0.25) is 0 Å². The van der Waals surface area contributed by atoms with Crippen LogP contribution in [0.2, 0.25) is 0 Å². The summed E-state index contributed by atoms with van der Waals surface area (Å²) in [6.45, 7) is 1.56. The molecule has 0 saturated carbocycles. The van der Waals surface area contributed by atoms with Crippen LogP contribution < -0.4 is 0 Å². The lowest BCUT2D eigenvalue weighted by atomic mass is 10.0. The van der Waals surface area contributed by atoms with E-state index in [2.05, 4.69) is 0 Å². The fraction of sp³-hybridized carbons (Fsp3) is 0.259. The molecule has 37 heavy (non-hydrogen) atoms. The molecule has 4 rings (SSSR count). The number of carbonyl (C=O) groups excluding carboxylic acids is 2. The summed E-state index contributed by atoms with van der Waals surface area (Å²) >= 11 is 0. The Labute approximate surface area is 215 Å². The van der Waals surface area contributed by atoms with E-state index in [1.807, 2.05) is 6.92 Å². The third kappa shape index (κ3) is 6.41. The lowest BCUT2D eigenvalue weighted by molar-refractivity contribution is -0.255. The Morgan fingerprint density at radius 1 is 0.784 bits per heavy atom. The normalized spacial score (nSPS) is 21.7. The number of hydrogen-bond donors (Lipinski definition) is 0. The van der Waals surface area contributed by atoms with Crippen molar-refractivity contribution < 1.29 is 41.1 Å². The maximum Gasteiger partial charge on any atom is 0.338 e. The quantitative estimate of drug-likeness (QED) is 0.321. The van der Waals surface area contributed by atoms with Gasteiger partial charge < -0.3 is 18.9 Å². The van der Waals surface area contributed by atoms with Crippen LogP contribution in [0.3, 0.4) is 0 Å². The molecule has 3 aromatic carbocycles. The number of carbonyl (C=O) groups is 2. The van der Waals surface area contributed by atoms with Crippen LogP contribution in [0.15, 0.2) is 89.8 Å². The van der Waals surface area contributed by atoms with Crippen molar-refractivity contribution in [2.45, 2.75) is 36.4 Å². The molecule has 1 heterocycles. The summed E-state index contributed by atoms with van der Waals surface area (Å²) in [6.07, 6.45) is -5.28. The molecule has 0 N–H and O–H groups in total. The highest BCUT2D eigenvalue weighted by Gasteiger charge is 2.49. The van der Waals surface area contributed by atoms with E-state index in [0.29, 0.717) is 0 Å². The molecule has 0 spiro atoms. The van der Waals surface area contributed by atoms with Crippen molar-refractivity contribution in [3.05, 3.63) is 102 Å². The van der Waals surface area contributed by atoms with Crippen LogP contribution in [0.1, 0.15) is 26.3 Å². The molecule has 1 fully saturated rings. The fourth-order valence-electron chi connectivity index (χ4n) is 3.74. The van der Waals surface area contributed by atoms with Crippen molar-refractivity contribution >= 4 is 22.1 Å². The summed E-state index contributed by atoms with van der Waals surface area (Å²) in [5, 5.41) is 0. The molecule has 194 valence electrons. The van der Waals surface area contributed by atoms with Gasteiger partial charge in [0.25, 0.3) is 10.1 Å². The summed E-state index contributed by atoms with van der Waals surface area (Å²) < 4.78 is 54.3. The lowest BCUT2D eigenvalue weighted by Gasteiger charge is -2.39. The Morgan fingerprint density at radius 2 is 1.32 bits per heavy atom. The lowest BCUT2D eigenvalue weighted by Crippen LogP contribution is -2.58. The Kier molecular flexibility index (Phi) is 8.34. The topological polar surface area (TPSA) is 114 Å². The average Bonchev–Trinajstić information content (AvgIpc) is 2.91. The van der Waals surface area contributed by atoms with Crippen LogP contribution in [0.5, 0.6) is 0 Å². The zero-order valence-electron chi connectivity index (χ0n) is 20.2. The number of ether oxygens (including phenoxy) is 4. The van der Waals surface area contributed by atoms with Crippen LogP contribution in [-0.2, 0) is 33.2 Å². The van der Waals surface area contributed by atoms with E-state index in [4.69, 9.17) is 23.1 Å². The number of rotatable bonds is 8. The minimum atomic E-state index is -4.37. The van der Waals surface area contributed by atoms with Crippen molar-refractivity contribution in [3.8, 4) is 0 Å². The summed E-state index contributed by atoms with van der Waals surface area (Å²) in [7, 11) is -3.05. The van der Waals surface area contributed by atoms with Crippen molar-refractivity contribution in [3.63, 3.8) is 0 Å². The molecule has 9 nitrogen and oxygen atoms in total. The van der Waals surface area contributed by atoms with E-state index >= 15 is 0 Å². The molecule has 0 radical (unpaired) electrons. The van der Waals surface area contributed by atoms with Gasteiger partial charge in [-0.2, -0.15) is 8.42 Å². The second kappa shape index (κ2) is 11.7. The molecule has 10 heteroatoms. The van der Waals surface area contributed by atoms with E-state index in [1.165, 1.54) is 19.2 Å². The maximum atomic E-state index is 13.2. The van der Waals surface area contributed by atoms with E-state index in [-0.39, 0.29) is 22.6 Å². The molecule has 0 aliphatic carbocycles. The van der Waals surface area contributed by atoms with Crippen LogP contribution in [0.4, 0.5) is 0 Å². The van der Waals surface area contributed by atoms with Crippen LogP contribution >= 0.6 is 0 Å².